The molecule has 0 radical (unpaired) electrons. The van der Waals surface area contributed by atoms with Crippen molar-refractivity contribution >= 4 is 0 Å². The van der Waals surface area contributed by atoms with Gasteiger partial charge in [0.2, 0.25) is 5.75 Å². The number of halogens is 1. The van der Waals surface area contributed by atoms with Gasteiger partial charge in [0.05, 0.1) is 13.7 Å². The van der Waals surface area contributed by atoms with Crippen molar-refractivity contribution in [2.24, 2.45) is 0 Å². The van der Waals surface area contributed by atoms with Crippen molar-refractivity contribution < 1.29 is 13.9 Å². The lowest BCUT2D eigenvalue weighted by atomic mass is 10.3. The first-order chi connectivity index (χ1) is 6.20. The van der Waals surface area contributed by atoms with Gasteiger partial charge in [0.25, 0.3) is 5.95 Å². The number of aromatic nitrogens is 1. The van der Waals surface area contributed by atoms with Crippen molar-refractivity contribution in [3.8, 4) is 11.5 Å². The molecule has 0 fully saturated rings. The highest BCUT2D eigenvalue weighted by Gasteiger charge is 2.13. The van der Waals surface area contributed by atoms with Crippen LogP contribution < -0.4 is 9.47 Å². The number of hydrogen-bond acceptors (Lipinski definition) is 3. The first-order valence-corrected chi connectivity index (χ1v) is 4.02. The van der Waals surface area contributed by atoms with E-state index in [1.807, 2.05) is 6.92 Å². The second kappa shape index (κ2) is 4.07. The zero-order valence-electron chi connectivity index (χ0n) is 7.93. The molecule has 3 nitrogen and oxygen atoms in total. The normalized spacial score (nSPS) is 9.85. The second-order valence-electron chi connectivity index (χ2n) is 2.53. The number of rotatable bonds is 3. The van der Waals surface area contributed by atoms with Gasteiger partial charge in [0.1, 0.15) is 0 Å². The van der Waals surface area contributed by atoms with Crippen molar-refractivity contribution in [1.29, 1.82) is 0 Å². The SMILES string of the molecule is CCOc1c(C)cnc(F)c1OC. The summed E-state index contributed by atoms with van der Waals surface area (Å²) in [6.45, 7) is 4.10. The molecule has 0 bridgehead atoms. The number of methoxy groups -OCH3 is 1. The minimum atomic E-state index is -0.642. The van der Waals surface area contributed by atoms with Crippen molar-refractivity contribution in [2.75, 3.05) is 13.7 Å². The Morgan fingerprint density at radius 2 is 2.15 bits per heavy atom. The van der Waals surface area contributed by atoms with Crippen molar-refractivity contribution in [3.05, 3.63) is 17.7 Å². The lowest BCUT2D eigenvalue weighted by Gasteiger charge is -2.11. The van der Waals surface area contributed by atoms with Gasteiger partial charge in [-0.25, -0.2) is 4.98 Å². The van der Waals surface area contributed by atoms with Gasteiger partial charge in [-0.3, -0.25) is 0 Å². The molecule has 0 aliphatic carbocycles. The molecule has 1 aromatic rings. The summed E-state index contributed by atoms with van der Waals surface area (Å²) < 4.78 is 23.1. The van der Waals surface area contributed by atoms with E-state index in [0.717, 1.165) is 5.56 Å². The van der Waals surface area contributed by atoms with Crippen LogP contribution in [0, 0.1) is 12.9 Å². The second-order valence-corrected chi connectivity index (χ2v) is 2.53. The highest BCUT2D eigenvalue weighted by molar-refractivity contribution is 5.43. The van der Waals surface area contributed by atoms with Gasteiger partial charge in [-0.15, -0.1) is 0 Å². The number of nitrogens with zero attached hydrogens (tertiary/aromatic N) is 1. The van der Waals surface area contributed by atoms with Gasteiger partial charge < -0.3 is 9.47 Å². The third-order valence-electron chi connectivity index (χ3n) is 1.62. The van der Waals surface area contributed by atoms with Crippen LogP contribution in [-0.2, 0) is 0 Å². The minimum Gasteiger partial charge on any atom is -0.489 e. The molecule has 0 saturated heterocycles. The fraction of sp³-hybridized carbons (Fsp3) is 0.444. The first-order valence-electron chi connectivity index (χ1n) is 4.02. The molecule has 0 aromatic carbocycles. The van der Waals surface area contributed by atoms with Crippen LogP contribution in [0.2, 0.25) is 0 Å². The molecule has 0 amide bonds. The Morgan fingerprint density at radius 1 is 1.46 bits per heavy atom. The van der Waals surface area contributed by atoms with Gasteiger partial charge in [0, 0.05) is 11.8 Å². The Balaban J connectivity index is 3.18. The molecule has 4 heteroatoms. The van der Waals surface area contributed by atoms with Gasteiger partial charge in [-0.2, -0.15) is 4.39 Å². The number of pyridine rings is 1. The van der Waals surface area contributed by atoms with Gasteiger partial charge in [0.15, 0.2) is 5.75 Å². The molecular weight excluding hydrogens is 173 g/mol. The van der Waals surface area contributed by atoms with Crippen LogP contribution in [0.15, 0.2) is 6.20 Å². The molecule has 1 heterocycles. The quantitative estimate of drug-likeness (QED) is 0.674. The summed E-state index contributed by atoms with van der Waals surface area (Å²) in [6.07, 6.45) is 1.42. The van der Waals surface area contributed by atoms with Gasteiger partial charge in [-0.05, 0) is 13.8 Å². The molecule has 0 aliphatic rings. The van der Waals surface area contributed by atoms with E-state index in [1.54, 1.807) is 6.92 Å². The molecule has 1 aromatic heterocycles. The predicted octanol–water partition coefficient (Wildman–Crippen LogP) is 1.94. The minimum absolute atomic E-state index is 0.0712. The number of hydrogen-bond donors (Lipinski definition) is 0. The molecule has 0 atom stereocenters. The Morgan fingerprint density at radius 3 is 2.69 bits per heavy atom. The summed E-state index contributed by atoms with van der Waals surface area (Å²) in [5, 5.41) is 0. The van der Waals surface area contributed by atoms with Gasteiger partial charge in [-0.1, -0.05) is 0 Å². The maximum atomic E-state index is 13.0. The maximum absolute atomic E-state index is 13.0. The Labute approximate surface area is 76.5 Å². The summed E-state index contributed by atoms with van der Waals surface area (Å²) in [7, 11) is 1.39. The van der Waals surface area contributed by atoms with E-state index in [0.29, 0.717) is 12.4 Å². The molecular formula is C9H12FNO2. The summed E-state index contributed by atoms with van der Waals surface area (Å²) in [5.74, 6) is -0.143. The molecule has 72 valence electrons. The van der Waals surface area contributed by atoms with Crippen LogP contribution in [0.3, 0.4) is 0 Å². The fourth-order valence-electron chi connectivity index (χ4n) is 1.04. The van der Waals surface area contributed by atoms with Crippen LogP contribution in [0.4, 0.5) is 4.39 Å². The standard InChI is InChI=1S/C9H12FNO2/c1-4-13-7-6(2)5-11-9(10)8(7)12-3/h5H,4H2,1-3H3. The monoisotopic (exact) mass is 185 g/mol. The molecule has 0 N–H and O–H groups in total. The van der Waals surface area contributed by atoms with Crippen LogP contribution in [-0.4, -0.2) is 18.7 Å². The van der Waals surface area contributed by atoms with E-state index in [9.17, 15) is 4.39 Å². The van der Waals surface area contributed by atoms with E-state index in [1.165, 1.54) is 13.3 Å². The smallest absolute Gasteiger partial charge is 0.259 e. The van der Waals surface area contributed by atoms with Crippen LogP contribution in [0.5, 0.6) is 11.5 Å². The van der Waals surface area contributed by atoms with E-state index in [-0.39, 0.29) is 5.75 Å². The first kappa shape index (κ1) is 9.77. The highest BCUT2D eigenvalue weighted by atomic mass is 19.1. The van der Waals surface area contributed by atoms with Crippen LogP contribution >= 0.6 is 0 Å². The van der Waals surface area contributed by atoms with E-state index < -0.39 is 5.95 Å². The van der Waals surface area contributed by atoms with Crippen LogP contribution in [0.1, 0.15) is 12.5 Å². The van der Waals surface area contributed by atoms with E-state index >= 15 is 0 Å². The Kier molecular flexibility index (Phi) is 3.06. The van der Waals surface area contributed by atoms with Crippen molar-refractivity contribution in [1.82, 2.24) is 4.98 Å². The Hall–Kier alpha value is -1.32. The topological polar surface area (TPSA) is 31.4 Å². The number of ether oxygens (including phenoxy) is 2. The lowest BCUT2D eigenvalue weighted by molar-refractivity contribution is 0.295. The molecule has 1 rings (SSSR count). The maximum Gasteiger partial charge on any atom is 0.259 e. The average Bonchev–Trinajstić information content (AvgIpc) is 2.12. The molecule has 0 saturated carbocycles. The van der Waals surface area contributed by atoms with Crippen LogP contribution in [0.25, 0.3) is 0 Å². The highest BCUT2D eigenvalue weighted by Crippen LogP contribution is 2.31. The van der Waals surface area contributed by atoms with E-state index in [2.05, 4.69) is 4.98 Å². The summed E-state index contributed by atoms with van der Waals surface area (Å²) >= 11 is 0. The van der Waals surface area contributed by atoms with E-state index in [4.69, 9.17) is 9.47 Å². The lowest BCUT2D eigenvalue weighted by Crippen LogP contribution is -2.01. The van der Waals surface area contributed by atoms with Crippen molar-refractivity contribution in [2.45, 2.75) is 13.8 Å². The fourth-order valence-corrected chi connectivity index (χ4v) is 1.04. The van der Waals surface area contributed by atoms with Gasteiger partial charge >= 0.3 is 0 Å². The third-order valence-corrected chi connectivity index (χ3v) is 1.62. The zero-order chi connectivity index (χ0) is 9.84. The Bertz CT molecular complexity index is 302. The summed E-state index contributed by atoms with van der Waals surface area (Å²) in [5.41, 5.74) is 0.764. The predicted molar refractivity (Wildman–Crippen MR) is 46.7 cm³/mol. The average molecular weight is 185 g/mol. The third kappa shape index (κ3) is 1.88. The molecule has 13 heavy (non-hydrogen) atoms. The summed E-state index contributed by atoms with van der Waals surface area (Å²) in [6, 6.07) is 0. The largest absolute Gasteiger partial charge is 0.489 e. The van der Waals surface area contributed by atoms with Crippen molar-refractivity contribution in [3.63, 3.8) is 0 Å². The number of aryl methyl sites for hydroxylation is 1. The molecule has 0 aliphatic heterocycles. The molecule has 0 unspecified atom stereocenters. The molecule has 0 spiro atoms. The summed E-state index contributed by atoms with van der Waals surface area (Å²) in [4.78, 5) is 3.52. The zero-order valence-corrected chi connectivity index (χ0v) is 7.93.